The minimum atomic E-state index is -0.862. The Bertz CT molecular complexity index is 946. The van der Waals surface area contributed by atoms with Gasteiger partial charge in [0, 0.05) is 17.8 Å². The van der Waals surface area contributed by atoms with E-state index in [1.165, 1.54) is 4.90 Å². The van der Waals surface area contributed by atoms with E-state index in [0.717, 1.165) is 0 Å². The van der Waals surface area contributed by atoms with Crippen LogP contribution in [0.25, 0.3) is 0 Å². The van der Waals surface area contributed by atoms with Gasteiger partial charge in [-0.1, -0.05) is 44.2 Å². The molecule has 9 heteroatoms. The summed E-state index contributed by atoms with van der Waals surface area (Å²) in [6.45, 7) is 3.33. The molecule has 0 saturated heterocycles. The first kappa shape index (κ1) is 23.4. The van der Waals surface area contributed by atoms with Crippen LogP contribution >= 0.6 is 0 Å². The summed E-state index contributed by atoms with van der Waals surface area (Å²) in [5, 5.41) is 5.21. The van der Waals surface area contributed by atoms with Crippen molar-refractivity contribution in [3.05, 3.63) is 65.7 Å². The molecule has 0 saturated carbocycles. The molecule has 0 aromatic heterocycles. The van der Waals surface area contributed by atoms with Crippen LogP contribution in [0.3, 0.4) is 0 Å². The fourth-order valence-corrected chi connectivity index (χ4v) is 3.03. The Morgan fingerprint density at radius 3 is 2.23 bits per heavy atom. The van der Waals surface area contributed by atoms with E-state index in [1.54, 1.807) is 68.4 Å². The molecule has 0 fully saturated rings. The third-order valence-electron chi connectivity index (χ3n) is 4.48. The molecular formula is C22H27N5O4. The van der Waals surface area contributed by atoms with E-state index in [9.17, 15) is 19.2 Å². The van der Waals surface area contributed by atoms with Crippen molar-refractivity contribution in [2.75, 3.05) is 11.9 Å². The highest BCUT2D eigenvalue weighted by atomic mass is 16.2. The largest absolute Gasteiger partial charge is 0.368 e. The van der Waals surface area contributed by atoms with Gasteiger partial charge in [-0.2, -0.15) is 0 Å². The Kier molecular flexibility index (Phi) is 8.13. The summed E-state index contributed by atoms with van der Waals surface area (Å²) in [5.74, 6) is -1.75. The van der Waals surface area contributed by atoms with Gasteiger partial charge in [-0.25, -0.2) is 4.79 Å². The van der Waals surface area contributed by atoms with Gasteiger partial charge in [0.2, 0.25) is 11.8 Å². The molecule has 0 aliphatic carbocycles. The van der Waals surface area contributed by atoms with Crippen LogP contribution in [0.15, 0.2) is 54.6 Å². The summed E-state index contributed by atoms with van der Waals surface area (Å²) < 4.78 is 0. The molecule has 5 amide bonds. The Hall–Kier alpha value is -3.88. The molecular weight excluding hydrogens is 398 g/mol. The SMILES string of the molecule is CC(C)[C@H](NC(=O)c1ccccc1)C(=O)N(CC(N)=O)Cc1cccc(NC(N)=O)c1. The van der Waals surface area contributed by atoms with E-state index >= 15 is 0 Å². The van der Waals surface area contributed by atoms with Crippen molar-refractivity contribution in [2.24, 2.45) is 17.4 Å². The third kappa shape index (κ3) is 7.14. The smallest absolute Gasteiger partial charge is 0.316 e. The zero-order valence-electron chi connectivity index (χ0n) is 17.5. The second-order valence-corrected chi connectivity index (χ2v) is 7.41. The lowest BCUT2D eigenvalue weighted by Crippen LogP contribution is -2.52. The molecule has 0 radical (unpaired) electrons. The van der Waals surface area contributed by atoms with Gasteiger partial charge in [-0.15, -0.1) is 0 Å². The number of nitrogens with one attached hydrogen (secondary N) is 2. The number of urea groups is 1. The topological polar surface area (TPSA) is 148 Å². The van der Waals surface area contributed by atoms with Gasteiger partial charge in [0.1, 0.15) is 6.04 Å². The van der Waals surface area contributed by atoms with Crippen molar-refractivity contribution in [1.29, 1.82) is 0 Å². The quantitative estimate of drug-likeness (QED) is 0.481. The first-order valence-corrected chi connectivity index (χ1v) is 9.75. The monoisotopic (exact) mass is 425 g/mol. The summed E-state index contributed by atoms with van der Waals surface area (Å²) in [6.07, 6.45) is 0. The maximum atomic E-state index is 13.3. The minimum Gasteiger partial charge on any atom is -0.368 e. The fourth-order valence-electron chi connectivity index (χ4n) is 3.03. The van der Waals surface area contributed by atoms with Crippen molar-refractivity contribution in [2.45, 2.75) is 26.4 Å². The molecule has 0 heterocycles. The zero-order chi connectivity index (χ0) is 23.0. The number of rotatable bonds is 9. The molecule has 6 N–H and O–H groups in total. The predicted molar refractivity (Wildman–Crippen MR) is 117 cm³/mol. The van der Waals surface area contributed by atoms with E-state index in [0.29, 0.717) is 16.8 Å². The molecule has 0 unspecified atom stereocenters. The molecule has 1 atom stereocenters. The molecule has 9 nitrogen and oxygen atoms in total. The molecule has 164 valence electrons. The Morgan fingerprint density at radius 1 is 0.968 bits per heavy atom. The van der Waals surface area contributed by atoms with E-state index in [2.05, 4.69) is 10.6 Å². The van der Waals surface area contributed by atoms with Crippen molar-refractivity contribution in [3.63, 3.8) is 0 Å². The number of anilines is 1. The van der Waals surface area contributed by atoms with Gasteiger partial charge in [-0.05, 0) is 35.7 Å². The number of nitrogens with two attached hydrogens (primary N) is 2. The molecule has 31 heavy (non-hydrogen) atoms. The highest BCUT2D eigenvalue weighted by Gasteiger charge is 2.30. The minimum absolute atomic E-state index is 0.0560. The fraction of sp³-hybridized carbons (Fsp3) is 0.273. The van der Waals surface area contributed by atoms with E-state index < -0.39 is 23.9 Å². The van der Waals surface area contributed by atoms with Gasteiger partial charge in [0.25, 0.3) is 5.91 Å². The summed E-state index contributed by atoms with van der Waals surface area (Å²) >= 11 is 0. The molecule has 0 aliphatic heterocycles. The van der Waals surface area contributed by atoms with Crippen molar-refractivity contribution in [3.8, 4) is 0 Å². The van der Waals surface area contributed by atoms with Gasteiger partial charge >= 0.3 is 6.03 Å². The van der Waals surface area contributed by atoms with Crippen LogP contribution in [0.2, 0.25) is 0 Å². The van der Waals surface area contributed by atoms with Crippen molar-refractivity contribution < 1.29 is 19.2 Å². The van der Waals surface area contributed by atoms with Gasteiger partial charge < -0.3 is 27.0 Å². The molecule has 2 aromatic rings. The summed E-state index contributed by atoms with van der Waals surface area (Å²) in [4.78, 5) is 49.8. The van der Waals surface area contributed by atoms with Crippen LogP contribution in [-0.4, -0.2) is 41.2 Å². The van der Waals surface area contributed by atoms with Crippen LogP contribution in [0, 0.1) is 5.92 Å². The number of benzene rings is 2. The number of nitrogens with zero attached hydrogens (tertiary/aromatic N) is 1. The van der Waals surface area contributed by atoms with Gasteiger partial charge in [0.05, 0.1) is 6.54 Å². The van der Waals surface area contributed by atoms with Crippen LogP contribution in [0.1, 0.15) is 29.8 Å². The van der Waals surface area contributed by atoms with Crippen LogP contribution < -0.4 is 22.1 Å². The van der Waals surface area contributed by atoms with Crippen LogP contribution in [-0.2, 0) is 16.1 Å². The van der Waals surface area contributed by atoms with E-state index in [4.69, 9.17) is 11.5 Å². The predicted octanol–water partition coefficient (Wildman–Crippen LogP) is 1.45. The second kappa shape index (κ2) is 10.8. The summed E-state index contributed by atoms with van der Waals surface area (Å²) in [7, 11) is 0. The Balaban J connectivity index is 2.23. The number of primary amides is 2. The number of hydrogen-bond acceptors (Lipinski definition) is 4. The normalized spacial score (nSPS) is 11.5. The number of amides is 5. The Morgan fingerprint density at radius 2 is 1.65 bits per heavy atom. The molecule has 2 aromatic carbocycles. The molecule has 0 spiro atoms. The van der Waals surface area contributed by atoms with Gasteiger partial charge in [0.15, 0.2) is 0 Å². The van der Waals surface area contributed by atoms with E-state index in [1.807, 2.05) is 0 Å². The van der Waals surface area contributed by atoms with Gasteiger partial charge in [-0.3, -0.25) is 14.4 Å². The zero-order valence-corrected chi connectivity index (χ0v) is 17.5. The molecule has 0 aliphatic rings. The highest BCUT2D eigenvalue weighted by molar-refractivity contribution is 5.98. The number of carbonyl (C=O) groups is 4. The third-order valence-corrected chi connectivity index (χ3v) is 4.48. The first-order valence-electron chi connectivity index (χ1n) is 9.75. The van der Waals surface area contributed by atoms with Crippen molar-refractivity contribution >= 4 is 29.4 Å². The summed E-state index contributed by atoms with van der Waals surface area (Å²) in [5.41, 5.74) is 12.0. The number of carbonyl (C=O) groups excluding carboxylic acids is 4. The standard InChI is InChI=1S/C22H27N5O4/c1-14(2)19(26-20(29)16-8-4-3-5-9-16)21(30)27(13-18(23)28)12-15-7-6-10-17(11-15)25-22(24)31/h3-11,14,19H,12-13H2,1-2H3,(H2,23,28)(H,26,29)(H3,24,25,31)/t19-/m0/s1. The second-order valence-electron chi connectivity index (χ2n) is 7.41. The maximum Gasteiger partial charge on any atom is 0.316 e. The number of hydrogen-bond donors (Lipinski definition) is 4. The lowest BCUT2D eigenvalue weighted by molar-refractivity contribution is -0.138. The lowest BCUT2D eigenvalue weighted by Gasteiger charge is -2.29. The average molecular weight is 425 g/mol. The first-order chi connectivity index (χ1) is 14.7. The average Bonchev–Trinajstić information content (AvgIpc) is 2.70. The van der Waals surface area contributed by atoms with E-state index in [-0.39, 0.29) is 24.9 Å². The molecule has 2 rings (SSSR count). The lowest BCUT2D eigenvalue weighted by atomic mass is 10.0. The van der Waals surface area contributed by atoms with Crippen molar-refractivity contribution in [1.82, 2.24) is 10.2 Å². The highest BCUT2D eigenvalue weighted by Crippen LogP contribution is 2.15. The maximum absolute atomic E-state index is 13.3. The summed E-state index contributed by atoms with van der Waals surface area (Å²) in [6, 6.07) is 13.7. The van der Waals surface area contributed by atoms with Crippen LogP contribution in [0.4, 0.5) is 10.5 Å². The Labute approximate surface area is 180 Å². The molecule has 0 bridgehead atoms. The van der Waals surface area contributed by atoms with Crippen LogP contribution in [0.5, 0.6) is 0 Å².